The molecular weight excluding hydrogens is 398 g/mol. The molecule has 1 fully saturated rings. The number of hydrogen-bond acceptors (Lipinski definition) is 8. The van der Waals surface area contributed by atoms with E-state index in [1.807, 2.05) is 29.2 Å². The van der Waals surface area contributed by atoms with Crippen molar-refractivity contribution in [1.82, 2.24) is 15.0 Å². The maximum Gasteiger partial charge on any atom is 0.299 e. The van der Waals surface area contributed by atoms with E-state index in [1.165, 1.54) is 0 Å². The number of ether oxygens (including phenoxy) is 2. The fraction of sp³-hybridized carbons (Fsp3) is 0.348. The Morgan fingerprint density at radius 2 is 1.74 bits per heavy atom. The highest BCUT2D eigenvalue weighted by Gasteiger charge is 2.47. The number of likely N-dealkylation sites (tertiary alicyclic amines) is 1. The van der Waals surface area contributed by atoms with Crippen molar-refractivity contribution < 1.29 is 23.9 Å². The summed E-state index contributed by atoms with van der Waals surface area (Å²) in [6.07, 6.45) is 3.71. The average molecular weight is 423 g/mol. The Balaban J connectivity index is 1.70. The number of methoxy groups -OCH3 is 1. The van der Waals surface area contributed by atoms with E-state index in [1.54, 1.807) is 31.4 Å². The Bertz CT molecular complexity index is 997. The number of carbonyl (C=O) groups is 1. The lowest BCUT2D eigenvalue weighted by Crippen LogP contribution is -2.54. The molecule has 3 aromatic rings. The van der Waals surface area contributed by atoms with Gasteiger partial charge in [0, 0.05) is 18.7 Å². The first-order valence-electron chi connectivity index (χ1n) is 10.3. The lowest BCUT2D eigenvalue weighted by molar-refractivity contribution is -0.151. The Kier molecular flexibility index (Phi) is 6.29. The molecule has 1 N–H and O–H groups in total. The van der Waals surface area contributed by atoms with E-state index in [0.717, 1.165) is 42.4 Å². The summed E-state index contributed by atoms with van der Waals surface area (Å²) in [6, 6.07) is 14.2. The van der Waals surface area contributed by atoms with Gasteiger partial charge in [0.2, 0.25) is 5.82 Å². The highest BCUT2D eigenvalue weighted by molar-refractivity contribution is 5.65. The third-order valence-corrected chi connectivity index (χ3v) is 5.45. The van der Waals surface area contributed by atoms with Crippen LogP contribution in [0.25, 0.3) is 11.4 Å². The van der Waals surface area contributed by atoms with Gasteiger partial charge in [0.1, 0.15) is 11.5 Å². The SMILES string of the molecule is COc1ccc(-c2noc(C(C=O)(Oc3ccc(CO)cc3)N3CCCCC3)n2)cc1. The maximum absolute atomic E-state index is 12.5. The number of nitrogens with zero attached hydrogens (tertiary/aromatic N) is 3. The van der Waals surface area contributed by atoms with Gasteiger partial charge in [0.05, 0.1) is 13.7 Å². The second-order valence-electron chi connectivity index (χ2n) is 7.42. The van der Waals surface area contributed by atoms with E-state index < -0.39 is 5.72 Å². The number of aliphatic hydroxyl groups excluding tert-OH is 1. The zero-order valence-corrected chi connectivity index (χ0v) is 17.4. The van der Waals surface area contributed by atoms with Crippen molar-refractivity contribution in [1.29, 1.82) is 0 Å². The summed E-state index contributed by atoms with van der Waals surface area (Å²) in [5.74, 6) is 1.64. The van der Waals surface area contributed by atoms with Gasteiger partial charge in [-0.3, -0.25) is 9.69 Å². The Morgan fingerprint density at radius 3 is 2.35 bits per heavy atom. The number of piperidine rings is 1. The van der Waals surface area contributed by atoms with Crippen LogP contribution < -0.4 is 9.47 Å². The Hall–Kier alpha value is -3.23. The fourth-order valence-electron chi connectivity index (χ4n) is 3.69. The third-order valence-electron chi connectivity index (χ3n) is 5.45. The molecule has 162 valence electrons. The van der Waals surface area contributed by atoms with Crippen LogP contribution in [0.4, 0.5) is 0 Å². The molecule has 1 aliphatic heterocycles. The highest BCUT2D eigenvalue weighted by Crippen LogP contribution is 2.33. The molecule has 4 rings (SSSR count). The standard InChI is InChI=1S/C23H25N3O5/c1-29-19-11-7-18(8-12-19)21-24-22(31-25-21)23(16-28,26-13-3-2-4-14-26)30-20-9-5-17(15-27)6-10-20/h5-12,16,27H,2-4,13-15H2,1H3. The van der Waals surface area contributed by atoms with Crippen molar-refractivity contribution in [2.45, 2.75) is 31.6 Å². The predicted molar refractivity (Wildman–Crippen MR) is 112 cm³/mol. The van der Waals surface area contributed by atoms with Crippen LogP contribution in [-0.4, -0.2) is 46.6 Å². The molecule has 31 heavy (non-hydrogen) atoms. The second-order valence-corrected chi connectivity index (χ2v) is 7.42. The van der Waals surface area contributed by atoms with Crippen LogP contribution in [0.2, 0.25) is 0 Å². The van der Waals surface area contributed by atoms with Crippen molar-refractivity contribution in [2.75, 3.05) is 20.2 Å². The van der Waals surface area contributed by atoms with Crippen LogP contribution in [0, 0.1) is 0 Å². The number of aromatic nitrogens is 2. The topological polar surface area (TPSA) is 97.9 Å². The third kappa shape index (κ3) is 4.30. The van der Waals surface area contributed by atoms with Gasteiger partial charge in [0.15, 0.2) is 6.29 Å². The van der Waals surface area contributed by atoms with Crippen LogP contribution in [-0.2, 0) is 17.1 Å². The van der Waals surface area contributed by atoms with Crippen LogP contribution in [0.5, 0.6) is 11.5 Å². The van der Waals surface area contributed by atoms with Crippen LogP contribution >= 0.6 is 0 Å². The minimum Gasteiger partial charge on any atom is -0.497 e. The van der Waals surface area contributed by atoms with Crippen molar-refractivity contribution in [3.8, 4) is 22.9 Å². The molecule has 0 spiro atoms. The molecule has 8 nitrogen and oxygen atoms in total. The van der Waals surface area contributed by atoms with Gasteiger partial charge in [-0.05, 0) is 54.8 Å². The Morgan fingerprint density at radius 1 is 1.06 bits per heavy atom. The summed E-state index contributed by atoms with van der Waals surface area (Å²) >= 11 is 0. The molecule has 1 aliphatic rings. The maximum atomic E-state index is 12.5. The molecule has 1 saturated heterocycles. The molecule has 8 heteroatoms. The van der Waals surface area contributed by atoms with E-state index in [2.05, 4.69) is 10.1 Å². The normalized spacial score (nSPS) is 16.5. The highest BCUT2D eigenvalue weighted by atomic mass is 16.6. The molecule has 0 bridgehead atoms. The molecule has 0 radical (unpaired) electrons. The van der Waals surface area contributed by atoms with Crippen LogP contribution in [0.15, 0.2) is 53.1 Å². The molecule has 1 aromatic heterocycles. The van der Waals surface area contributed by atoms with Gasteiger partial charge in [-0.1, -0.05) is 23.7 Å². The van der Waals surface area contributed by atoms with Gasteiger partial charge in [0.25, 0.3) is 11.6 Å². The lowest BCUT2D eigenvalue weighted by atomic mass is 10.1. The fourth-order valence-corrected chi connectivity index (χ4v) is 3.69. The van der Waals surface area contributed by atoms with E-state index in [9.17, 15) is 9.90 Å². The molecule has 0 amide bonds. The smallest absolute Gasteiger partial charge is 0.299 e. The van der Waals surface area contributed by atoms with Gasteiger partial charge < -0.3 is 19.1 Å². The minimum absolute atomic E-state index is 0.0693. The van der Waals surface area contributed by atoms with Gasteiger partial charge >= 0.3 is 0 Å². The molecule has 1 unspecified atom stereocenters. The first kappa shape index (κ1) is 21.0. The molecule has 0 aliphatic carbocycles. The molecule has 0 saturated carbocycles. The molecular formula is C23H25N3O5. The quantitative estimate of drug-likeness (QED) is 0.552. The first-order chi connectivity index (χ1) is 15.2. The number of aliphatic hydroxyl groups is 1. The van der Waals surface area contributed by atoms with E-state index in [4.69, 9.17) is 14.0 Å². The zero-order valence-electron chi connectivity index (χ0n) is 17.4. The van der Waals surface area contributed by atoms with Crippen molar-refractivity contribution in [3.05, 3.63) is 60.0 Å². The van der Waals surface area contributed by atoms with E-state index >= 15 is 0 Å². The van der Waals surface area contributed by atoms with Gasteiger partial charge in [-0.15, -0.1) is 0 Å². The molecule has 2 aromatic carbocycles. The number of benzene rings is 2. The monoisotopic (exact) mass is 423 g/mol. The summed E-state index contributed by atoms with van der Waals surface area (Å²) in [5, 5.41) is 13.4. The number of carbonyl (C=O) groups excluding carboxylic acids is 1. The predicted octanol–water partition coefficient (Wildman–Crippen LogP) is 3.15. The number of aldehydes is 1. The second kappa shape index (κ2) is 9.28. The van der Waals surface area contributed by atoms with E-state index in [0.29, 0.717) is 24.7 Å². The lowest BCUT2D eigenvalue weighted by Gasteiger charge is -2.39. The average Bonchev–Trinajstić information content (AvgIpc) is 3.34. The molecule has 2 heterocycles. The largest absolute Gasteiger partial charge is 0.497 e. The van der Waals surface area contributed by atoms with Crippen LogP contribution in [0.1, 0.15) is 30.7 Å². The van der Waals surface area contributed by atoms with Crippen molar-refractivity contribution >= 4 is 6.29 Å². The van der Waals surface area contributed by atoms with E-state index in [-0.39, 0.29) is 12.5 Å². The summed E-state index contributed by atoms with van der Waals surface area (Å²) in [7, 11) is 1.60. The zero-order chi connectivity index (χ0) is 21.7. The number of rotatable bonds is 8. The van der Waals surface area contributed by atoms with Gasteiger partial charge in [-0.25, -0.2) is 0 Å². The summed E-state index contributed by atoms with van der Waals surface area (Å²) < 4.78 is 17.0. The summed E-state index contributed by atoms with van der Waals surface area (Å²) in [4.78, 5) is 19.0. The Labute approximate surface area is 180 Å². The van der Waals surface area contributed by atoms with Crippen molar-refractivity contribution in [3.63, 3.8) is 0 Å². The van der Waals surface area contributed by atoms with Crippen LogP contribution in [0.3, 0.4) is 0 Å². The summed E-state index contributed by atoms with van der Waals surface area (Å²) in [6.45, 7) is 1.28. The molecule has 1 atom stereocenters. The minimum atomic E-state index is -1.53. The van der Waals surface area contributed by atoms with Gasteiger partial charge in [-0.2, -0.15) is 4.98 Å². The number of hydrogen-bond donors (Lipinski definition) is 1. The first-order valence-corrected chi connectivity index (χ1v) is 10.3. The van der Waals surface area contributed by atoms with Crippen molar-refractivity contribution in [2.24, 2.45) is 0 Å². The summed E-state index contributed by atoms with van der Waals surface area (Å²) in [5.41, 5.74) is -0.0399.